The molecule has 6 heteroatoms. The number of carbonyl (C=O) groups is 1. The maximum atomic E-state index is 12.3. The van der Waals surface area contributed by atoms with Crippen molar-refractivity contribution in [2.75, 3.05) is 44.2 Å². The average molecular weight is 351 g/mol. The summed E-state index contributed by atoms with van der Waals surface area (Å²) < 4.78 is 0. The fourth-order valence-corrected chi connectivity index (χ4v) is 3.82. The molecule has 1 aromatic rings. The highest BCUT2D eigenvalue weighted by Crippen LogP contribution is 2.24. The van der Waals surface area contributed by atoms with E-state index in [4.69, 9.17) is 11.6 Å². The van der Waals surface area contributed by atoms with E-state index in [9.17, 15) is 4.79 Å². The summed E-state index contributed by atoms with van der Waals surface area (Å²) in [6, 6.07) is 3.87. The fourth-order valence-electron chi connectivity index (χ4n) is 3.65. The Hall–Kier alpha value is -1.33. The molecule has 0 bridgehead atoms. The molecule has 2 aliphatic heterocycles. The van der Waals surface area contributed by atoms with Crippen LogP contribution in [0, 0.1) is 5.92 Å². The number of nitrogens with one attached hydrogen (secondary N) is 1. The van der Waals surface area contributed by atoms with Crippen molar-refractivity contribution in [1.29, 1.82) is 0 Å². The summed E-state index contributed by atoms with van der Waals surface area (Å²) >= 11 is 5.96. The summed E-state index contributed by atoms with van der Waals surface area (Å²) in [6.07, 6.45) is 7.24. The van der Waals surface area contributed by atoms with E-state index in [1.165, 1.54) is 25.9 Å². The van der Waals surface area contributed by atoms with Crippen LogP contribution in [0.15, 0.2) is 18.3 Å². The van der Waals surface area contributed by atoms with E-state index >= 15 is 0 Å². The lowest BCUT2D eigenvalue weighted by molar-refractivity contribution is -0.125. The number of pyridine rings is 1. The van der Waals surface area contributed by atoms with Crippen LogP contribution in [0.5, 0.6) is 0 Å². The predicted octanol–water partition coefficient (Wildman–Crippen LogP) is 2.55. The second kappa shape index (κ2) is 8.67. The Kier molecular flexibility index (Phi) is 6.32. The molecule has 2 aliphatic rings. The van der Waals surface area contributed by atoms with Crippen molar-refractivity contribution in [2.45, 2.75) is 32.1 Å². The Morgan fingerprint density at radius 3 is 2.71 bits per heavy atom. The lowest BCUT2D eigenvalue weighted by Gasteiger charge is -2.33. The molecular formula is C18H27ClN4O. The first-order valence-electron chi connectivity index (χ1n) is 9.09. The molecule has 0 spiro atoms. The largest absolute Gasteiger partial charge is 0.371 e. The highest BCUT2D eigenvalue weighted by molar-refractivity contribution is 6.29. The fraction of sp³-hybridized carbons (Fsp3) is 0.667. The van der Waals surface area contributed by atoms with Gasteiger partial charge < -0.3 is 15.1 Å². The summed E-state index contributed by atoms with van der Waals surface area (Å²) in [5.74, 6) is 0.370. The Morgan fingerprint density at radius 2 is 2.00 bits per heavy atom. The third kappa shape index (κ3) is 4.84. The van der Waals surface area contributed by atoms with Crippen LogP contribution in [0.2, 0.25) is 5.15 Å². The minimum Gasteiger partial charge on any atom is -0.371 e. The number of hydrogen-bond donors (Lipinski definition) is 1. The van der Waals surface area contributed by atoms with Crippen molar-refractivity contribution in [3.63, 3.8) is 0 Å². The number of hydrogen-bond acceptors (Lipinski definition) is 4. The van der Waals surface area contributed by atoms with E-state index in [0.29, 0.717) is 5.15 Å². The highest BCUT2D eigenvalue weighted by atomic mass is 35.5. The number of rotatable bonds is 6. The van der Waals surface area contributed by atoms with Gasteiger partial charge in [-0.25, -0.2) is 4.98 Å². The molecule has 1 N–H and O–H groups in total. The van der Waals surface area contributed by atoms with Gasteiger partial charge in [-0.2, -0.15) is 0 Å². The predicted molar refractivity (Wildman–Crippen MR) is 97.5 cm³/mol. The Morgan fingerprint density at radius 1 is 1.25 bits per heavy atom. The van der Waals surface area contributed by atoms with Crippen LogP contribution in [0.4, 0.5) is 5.69 Å². The normalized spacial score (nSPS) is 19.6. The Bertz CT molecular complexity index is 540. The van der Waals surface area contributed by atoms with Gasteiger partial charge in [0.25, 0.3) is 0 Å². The molecule has 1 amide bonds. The number of likely N-dealkylation sites (tertiary alicyclic amines) is 1. The molecule has 5 nitrogen and oxygen atoms in total. The van der Waals surface area contributed by atoms with E-state index in [2.05, 4.69) is 20.1 Å². The Balaban J connectivity index is 1.35. The molecule has 2 fully saturated rings. The van der Waals surface area contributed by atoms with Gasteiger partial charge in [0.2, 0.25) is 5.91 Å². The number of carbonyl (C=O) groups excluding carboxylic acids is 1. The summed E-state index contributed by atoms with van der Waals surface area (Å²) in [4.78, 5) is 21.1. The van der Waals surface area contributed by atoms with Crippen LogP contribution in [0.3, 0.4) is 0 Å². The van der Waals surface area contributed by atoms with Gasteiger partial charge in [-0.15, -0.1) is 0 Å². The number of piperidine rings is 1. The lowest BCUT2D eigenvalue weighted by atomic mass is 9.95. The van der Waals surface area contributed by atoms with E-state index in [0.717, 1.165) is 51.1 Å². The quantitative estimate of drug-likeness (QED) is 0.632. The van der Waals surface area contributed by atoms with Gasteiger partial charge >= 0.3 is 0 Å². The van der Waals surface area contributed by atoms with Crippen molar-refractivity contribution >= 4 is 23.2 Å². The molecule has 0 aromatic carbocycles. The minimum absolute atomic E-state index is 0.144. The van der Waals surface area contributed by atoms with E-state index in [1.54, 1.807) is 6.20 Å². The average Bonchev–Trinajstić information content (AvgIpc) is 3.12. The number of halogens is 1. The molecule has 132 valence electrons. The lowest BCUT2D eigenvalue weighted by Crippen LogP contribution is -2.41. The Labute approximate surface area is 149 Å². The molecule has 0 radical (unpaired) electrons. The molecule has 0 saturated carbocycles. The third-order valence-corrected chi connectivity index (χ3v) is 5.30. The number of anilines is 1. The number of amides is 1. The van der Waals surface area contributed by atoms with Crippen molar-refractivity contribution < 1.29 is 4.79 Å². The highest BCUT2D eigenvalue weighted by Gasteiger charge is 2.25. The maximum absolute atomic E-state index is 12.3. The van der Waals surface area contributed by atoms with Crippen molar-refractivity contribution in [3.05, 3.63) is 23.5 Å². The van der Waals surface area contributed by atoms with Crippen LogP contribution < -0.4 is 10.2 Å². The standard InChI is InChI=1S/C18H27ClN4O/c19-17-14-16(4-8-20-17)23-12-5-15(6-13-23)18(24)21-7-3-11-22-9-1-2-10-22/h4,8,14-15H,1-3,5-7,9-13H2,(H,21,24). The summed E-state index contributed by atoms with van der Waals surface area (Å²) in [5.41, 5.74) is 1.10. The molecule has 2 saturated heterocycles. The van der Waals surface area contributed by atoms with E-state index in [1.807, 2.05) is 12.1 Å². The minimum atomic E-state index is 0.144. The first-order chi connectivity index (χ1) is 11.7. The molecular weight excluding hydrogens is 324 g/mol. The zero-order chi connectivity index (χ0) is 16.8. The van der Waals surface area contributed by atoms with Gasteiger partial charge in [0.1, 0.15) is 5.15 Å². The first-order valence-corrected chi connectivity index (χ1v) is 9.47. The monoisotopic (exact) mass is 350 g/mol. The zero-order valence-electron chi connectivity index (χ0n) is 14.2. The van der Waals surface area contributed by atoms with Crippen molar-refractivity contribution in [2.24, 2.45) is 5.92 Å². The van der Waals surface area contributed by atoms with Crippen LogP contribution >= 0.6 is 11.6 Å². The van der Waals surface area contributed by atoms with Gasteiger partial charge in [-0.3, -0.25) is 4.79 Å². The summed E-state index contributed by atoms with van der Waals surface area (Å²) in [6.45, 7) is 6.16. The second-order valence-corrected chi connectivity index (χ2v) is 7.18. The topological polar surface area (TPSA) is 48.5 Å². The van der Waals surface area contributed by atoms with Gasteiger partial charge in [0.15, 0.2) is 0 Å². The van der Waals surface area contributed by atoms with Gasteiger partial charge in [-0.1, -0.05) is 11.6 Å². The number of nitrogens with zero attached hydrogens (tertiary/aromatic N) is 3. The van der Waals surface area contributed by atoms with E-state index < -0.39 is 0 Å². The molecule has 0 atom stereocenters. The van der Waals surface area contributed by atoms with Gasteiger partial charge in [0, 0.05) is 37.4 Å². The van der Waals surface area contributed by atoms with Crippen LogP contribution in [0.25, 0.3) is 0 Å². The van der Waals surface area contributed by atoms with Crippen molar-refractivity contribution in [1.82, 2.24) is 15.2 Å². The summed E-state index contributed by atoms with van der Waals surface area (Å²) in [5, 5.41) is 3.64. The first kappa shape index (κ1) is 17.5. The zero-order valence-corrected chi connectivity index (χ0v) is 15.0. The van der Waals surface area contributed by atoms with Crippen LogP contribution in [-0.4, -0.2) is 55.1 Å². The molecule has 3 heterocycles. The molecule has 3 rings (SSSR count). The molecule has 0 aliphatic carbocycles. The van der Waals surface area contributed by atoms with Gasteiger partial charge in [-0.05, 0) is 63.9 Å². The molecule has 1 aromatic heterocycles. The molecule has 24 heavy (non-hydrogen) atoms. The molecule has 0 unspecified atom stereocenters. The van der Waals surface area contributed by atoms with E-state index in [-0.39, 0.29) is 11.8 Å². The van der Waals surface area contributed by atoms with Crippen LogP contribution in [-0.2, 0) is 4.79 Å². The maximum Gasteiger partial charge on any atom is 0.223 e. The smallest absolute Gasteiger partial charge is 0.223 e. The van der Waals surface area contributed by atoms with Gasteiger partial charge in [0.05, 0.1) is 0 Å². The number of aromatic nitrogens is 1. The van der Waals surface area contributed by atoms with Crippen LogP contribution in [0.1, 0.15) is 32.1 Å². The third-order valence-electron chi connectivity index (χ3n) is 5.09. The van der Waals surface area contributed by atoms with Crippen molar-refractivity contribution in [3.8, 4) is 0 Å². The second-order valence-electron chi connectivity index (χ2n) is 6.79. The SMILES string of the molecule is O=C(NCCCN1CCCC1)C1CCN(c2ccnc(Cl)c2)CC1. The summed E-state index contributed by atoms with van der Waals surface area (Å²) in [7, 11) is 0.